The lowest BCUT2D eigenvalue weighted by molar-refractivity contribution is -0.142. The summed E-state index contributed by atoms with van der Waals surface area (Å²) in [4.78, 5) is 30.6. The molecule has 2 unspecified atom stereocenters. The Labute approximate surface area is 236 Å². The number of nitrogens with one attached hydrogen (secondary N) is 2. The second-order valence-electron chi connectivity index (χ2n) is 11.3. The molecule has 0 saturated heterocycles. The summed E-state index contributed by atoms with van der Waals surface area (Å²) in [6.07, 6.45) is 16.0. The quantitative estimate of drug-likeness (QED) is 0.275. The first-order valence-electron chi connectivity index (χ1n) is 14.6. The Balaban J connectivity index is 1.57. The molecule has 1 saturated carbocycles. The van der Waals surface area contributed by atoms with E-state index in [0.717, 1.165) is 72.9 Å². The first kappa shape index (κ1) is 27.7. The van der Waals surface area contributed by atoms with E-state index >= 15 is 0 Å². The molecule has 3 aromatic rings. The number of aromatic nitrogens is 2. The maximum absolute atomic E-state index is 12.9. The molecule has 2 aromatic carbocycles. The number of amides is 2. The van der Waals surface area contributed by atoms with Crippen LogP contribution in [0.4, 0.5) is 10.5 Å². The van der Waals surface area contributed by atoms with Crippen LogP contribution < -0.4 is 10.6 Å². The molecule has 40 heavy (non-hydrogen) atoms. The number of allylic oxidation sites excluding steroid dienone is 3. The molecule has 0 bridgehead atoms. The number of carboxylic acid groups (broad SMARTS) is 1. The number of carbonyl (C=O) groups is 2. The van der Waals surface area contributed by atoms with Crippen LogP contribution in [-0.2, 0) is 23.2 Å². The molecule has 7 heteroatoms. The molecule has 0 spiro atoms. The summed E-state index contributed by atoms with van der Waals surface area (Å²) < 4.78 is 2.19. The van der Waals surface area contributed by atoms with Gasteiger partial charge in [0.05, 0.1) is 17.0 Å². The lowest BCUT2D eigenvalue weighted by Crippen LogP contribution is -2.42. The van der Waals surface area contributed by atoms with Crippen molar-refractivity contribution < 1.29 is 14.7 Å². The standard InChI is InChI=1S/C33H40N4O3/c1-3-4-18-29-36-30-23(2)20-26(35-32(40)34-25-15-9-6-10-16-25)21-28(30)37(29)22-33(24-13-7-5-8-14-24)19-12-11-17-27(33)31(38)39/h5,7-8,11-14,17,19-21,25,27H,3-4,6,9-10,15-16,18,22H2,1-2H3,(H,38,39)(H2,34,35,40). The van der Waals surface area contributed by atoms with E-state index in [1.54, 1.807) is 6.08 Å². The van der Waals surface area contributed by atoms with Gasteiger partial charge in [-0.05, 0) is 49.4 Å². The Morgan fingerprint density at radius 3 is 2.60 bits per heavy atom. The number of unbranched alkanes of at least 4 members (excludes halogenated alkanes) is 1. The largest absolute Gasteiger partial charge is 0.481 e. The summed E-state index contributed by atoms with van der Waals surface area (Å²) in [5.41, 5.74) is 3.63. The van der Waals surface area contributed by atoms with Crippen molar-refractivity contribution in [2.75, 3.05) is 5.32 Å². The normalized spacial score (nSPS) is 21.0. The van der Waals surface area contributed by atoms with Gasteiger partial charge in [-0.1, -0.05) is 87.2 Å². The number of hydrogen-bond donors (Lipinski definition) is 3. The molecule has 0 aliphatic heterocycles. The fourth-order valence-corrected chi connectivity index (χ4v) is 6.32. The van der Waals surface area contributed by atoms with E-state index in [2.05, 4.69) is 22.1 Å². The van der Waals surface area contributed by atoms with E-state index in [1.807, 2.05) is 67.6 Å². The summed E-state index contributed by atoms with van der Waals surface area (Å²) in [5.74, 6) is -0.659. The molecule has 2 aliphatic rings. The molecule has 1 aromatic heterocycles. The molecule has 7 nitrogen and oxygen atoms in total. The molecule has 0 radical (unpaired) electrons. The molecule has 1 heterocycles. The van der Waals surface area contributed by atoms with Crippen LogP contribution in [0.5, 0.6) is 0 Å². The highest BCUT2D eigenvalue weighted by molar-refractivity contribution is 5.93. The number of benzene rings is 2. The number of fused-ring (bicyclic) bond motifs is 1. The zero-order valence-electron chi connectivity index (χ0n) is 23.5. The molecular weight excluding hydrogens is 500 g/mol. The monoisotopic (exact) mass is 540 g/mol. The Hall–Kier alpha value is -3.87. The third kappa shape index (κ3) is 5.69. The average molecular weight is 541 g/mol. The van der Waals surface area contributed by atoms with Crippen molar-refractivity contribution in [2.45, 2.75) is 83.2 Å². The fraction of sp³-hybridized carbons (Fsp3) is 0.424. The molecule has 1 fully saturated rings. The van der Waals surface area contributed by atoms with Crippen molar-refractivity contribution >= 4 is 28.7 Å². The average Bonchev–Trinajstić information content (AvgIpc) is 3.30. The highest BCUT2D eigenvalue weighted by Gasteiger charge is 2.43. The Morgan fingerprint density at radius 1 is 1.10 bits per heavy atom. The Kier molecular flexibility index (Phi) is 8.38. The van der Waals surface area contributed by atoms with Crippen LogP contribution in [0.2, 0.25) is 0 Å². The van der Waals surface area contributed by atoms with Crippen molar-refractivity contribution in [3.05, 3.63) is 83.7 Å². The van der Waals surface area contributed by atoms with Gasteiger partial charge in [0.2, 0.25) is 0 Å². The highest BCUT2D eigenvalue weighted by atomic mass is 16.4. The van der Waals surface area contributed by atoms with Gasteiger partial charge in [-0.25, -0.2) is 9.78 Å². The second kappa shape index (κ2) is 12.1. The van der Waals surface area contributed by atoms with Gasteiger partial charge in [-0.2, -0.15) is 0 Å². The van der Waals surface area contributed by atoms with Crippen molar-refractivity contribution in [2.24, 2.45) is 5.92 Å². The van der Waals surface area contributed by atoms with Gasteiger partial charge in [-0.3, -0.25) is 4.79 Å². The first-order valence-corrected chi connectivity index (χ1v) is 14.6. The van der Waals surface area contributed by atoms with Crippen LogP contribution in [-0.4, -0.2) is 32.7 Å². The molecule has 3 N–H and O–H groups in total. The smallest absolute Gasteiger partial charge is 0.319 e. The maximum atomic E-state index is 12.9. The Bertz CT molecular complexity index is 1420. The zero-order valence-corrected chi connectivity index (χ0v) is 23.5. The van der Waals surface area contributed by atoms with Crippen LogP contribution in [0.25, 0.3) is 11.0 Å². The predicted molar refractivity (Wildman–Crippen MR) is 160 cm³/mol. The topological polar surface area (TPSA) is 96.3 Å². The minimum Gasteiger partial charge on any atom is -0.481 e. The molecule has 2 amide bonds. The predicted octanol–water partition coefficient (Wildman–Crippen LogP) is 6.91. The van der Waals surface area contributed by atoms with Crippen LogP contribution in [0, 0.1) is 12.8 Å². The second-order valence-corrected chi connectivity index (χ2v) is 11.3. The highest BCUT2D eigenvalue weighted by Crippen LogP contribution is 2.41. The van der Waals surface area contributed by atoms with Crippen LogP contribution in [0.1, 0.15) is 68.8 Å². The molecule has 210 valence electrons. The number of anilines is 1. The van der Waals surface area contributed by atoms with Gasteiger partial charge in [0.15, 0.2) is 0 Å². The molecule has 2 aliphatic carbocycles. The van der Waals surface area contributed by atoms with Crippen LogP contribution in [0.3, 0.4) is 0 Å². The lowest BCUT2D eigenvalue weighted by atomic mass is 9.68. The van der Waals surface area contributed by atoms with Crippen molar-refractivity contribution in [1.82, 2.24) is 14.9 Å². The Morgan fingerprint density at radius 2 is 1.88 bits per heavy atom. The van der Waals surface area contributed by atoms with Gasteiger partial charge >= 0.3 is 12.0 Å². The fourth-order valence-electron chi connectivity index (χ4n) is 6.32. The zero-order chi connectivity index (χ0) is 28.1. The third-order valence-corrected chi connectivity index (χ3v) is 8.44. The number of hydrogen-bond acceptors (Lipinski definition) is 3. The van der Waals surface area contributed by atoms with Gasteiger partial charge in [-0.15, -0.1) is 0 Å². The maximum Gasteiger partial charge on any atom is 0.319 e. The van der Waals surface area contributed by atoms with Gasteiger partial charge < -0.3 is 20.3 Å². The minimum atomic E-state index is -0.859. The molecular formula is C33H40N4O3. The minimum absolute atomic E-state index is 0.185. The van der Waals surface area contributed by atoms with Crippen molar-refractivity contribution in [3.8, 4) is 0 Å². The number of carboxylic acids is 1. The summed E-state index contributed by atoms with van der Waals surface area (Å²) in [7, 11) is 0. The van der Waals surface area contributed by atoms with E-state index in [1.165, 1.54) is 6.42 Å². The van der Waals surface area contributed by atoms with E-state index in [9.17, 15) is 14.7 Å². The summed E-state index contributed by atoms with van der Waals surface area (Å²) in [6.45, 7) is 4.59. The number of urea groups is 1. The lowest BCUT2D eigenvalue weighted by Gasteiger charge is -2.38. The van der Waals surface area contributed by atoms with Crippen molar-refractivity contribution in [1.29, 1.82) is 0 Å². The SMILES string of the molecule is CCCCc1nc2c(C)cc(NC(=O)NC3CCCCC3)cc2n1CC1(c2ccccc2)C=CC=CC1C(=O)O. The number of aryl methyl sites for hydroxylation is 2. The molecule has 5 rings (SSSR count). The van der Waals surface area contributed by atoms with E-state index in [0.29, 0.717) is 12.2 Å². The summed E-state index contributed by atoms with van der Waals surface area (Å²) >= 11 is 0. The van der Waals surface area contributed by atoms with E-state index in [4.69, 9.17) is 4.98 Å². The third-order valence-electron chi connectivity index (χ3n) is 8.44. The summed E-state index contributed by atoms with van der Waals surface area (Å²) in [5, 5.41) is 16.5. The van der Waals surface area contributed by atoms with Gasteiger partial charge in [0.1, 0.15) is 5.82 Å². The number of aliphatic carboxylic acids is 1. The number of carbonyl (C=O) groups excluding carboxylic acids is 1. The van der Waals surface area contributed by atoms with Gasteiger partial charge in [0, 0.05) is 30.1 Å². The van der Waals surface area contributed by atoms with E-state index < -0.39 is 17.3 Å². The van der Waals surface area contributed by atoms with Crippen molar-refractivity contribution in [3.63, 3.8) is 0 Å². The van der Waals surface area contributed by atoms with E-state index in [-0.39, 0.29) is 12.1 Å². The molecule has 2 atom stereocenters. The summed E-state index contributed by atoms with van der Waals surface area (Å²) in [6, 6.07) is 13.9. The number of rotatable bonds is 9. The number of nitrogens with zero attached hydrogens (tertiary/aromatic N) is 2. The van der Waals surface area contributed by atoms with Crippen LogP contribution >= 0.6 is 0 Å². The number of imidazole rings is 1. The van der Waals surface area contributed by atoms with Gasteiger partial charge in [0.25, 0.3) is 0 Å². The first-order chi connectivity index (χ1) is 19.4. The van der Waals surface area contributed by atoms with Crippen LogP contribution in [0.15, 0.2) is 66.8 Å².